The van der Waals surface area contributed by atoms with Crippen molar-refractivity contribution in [3.63, 3.8) is 0 Å². The zero-order chi connectivity index (χ0) is 21.5. The Labute approximate surface area is 182 Å². The van der Waals surface area contributed by atoms with Crippen molar-refractivity contribution < 1.29 is 9.53 Å². The van der Waals surface area contributed by atoms with Gasteiger partial charge in [0.15, 0.2) is 5.16 Å². The molecule has 30 heavy (non-hydrogen) atoms. The van der Waals surface area contributed by atoms with Gasteiger partial charge >= 0.3 is 0 Å². The lowest BCUT2D eigenvalue weighted by Gasteiger charge is -2.16. The molecule has 1 heterocycles. The Kier molecular flexibility index (Phi) is 7.65. The van der Waals surface area contributed by atoms with Gasteiger partial charge in [-0.2, -0.15) is 0 Å². The predicted molar refractivity (Wildman–Crippen MR) is 121 cm³/mol. The third-order valence-corrected chi connectivity index (χ3v) is 5.98. The SMILES string of the molecule is COCCn1c(Cc2ccccc2)nnc1S[C@@H](C)C(=O)Nc1c(C)cccc1C. The number of anilines is 1. The number of amides is 1. The lowest BCUT2D eigenvalue weighted by atomic mass is 10.1. The smallest absolute Gasteiger partial charge is 0.237 e. The molecule has 6 nitrogen and oxygen atoms in total. The molecule has 1 atom stereocenters. The van der Waals surface area contributed by atoms with Crippen molar-refractivity contribution >= 4 is 23.4 Å². The number of nitrogens with zero attached hydrogens (tertiary/aromatic N) is 3. The molecule has 0 bridgehead atoms. The quantitative estimate of drug-likeness (QED) is 0.520. The van der Waals surface area contributed by atoms with Crippen LogP contribution in [0.5, 0.6) is 0 Å². The van der Waals surface area contributed by atoms with Gasteiger partial charge in [0.05, 0.1) is 11.9 Å². The maximum atomic E-state index is 12.8. The van der Waals surface area contributed by atoms with E-state index < -0.39 is 0 Å². The normalized spacial score (nSPS) is 12.0. The number of aryl methyl sites for hydroxylation is 2. The van der Waals surface area contributed by atoms with Gasteiger partial charge in [-0.05, 0) is 37.5 Å². The van der Waals surface area contributed by atoms with Crippen LogP contribution in [0.1, 0.15) is 29.4 Å². The molecule has 0 saturated heterocycles. The second-order valence-electron chi connectivity index (χ2n) is 7.22. The van der Waals surface area contributed by atoms with E-state index in [0.29, 0.717) is 19.6 Å². The molecular formula is C23H28N4O2S. The summed E-state index contributed by atoms with van der Waals surface area (Å²) in [7, 11) is 1.68. The summed E-state index contributed by atoms with van der Waals surface area (Å²) in [5, 5.41) is 12.2. The Morgan fingerprint density at radius 1 is 1.10 bits per heavy atom. The van der Waals surface area contributed by atoms with Crippen molar-refractivity contribution in [2.75, 3.05) is 19.0 Å². The highest BCUT2D eigenvalue weighted by molar-refractivity contribution is 8.00. The fourth-order valence-electron chi connectivity index (χ4n) is 3.17. The van der Waals surface area contributed by atoms with E-state index in [0.717, 1.165) is 27.8 Å². The molecule has 158 valence electrons. The van der Waals surface area contributed by atoms with E-state index >= 15 is 0 Å². The lowest BCUT2D eigenvalue weighted by Crippen LogP contribution is -2.24. The molecule has 0 radical (unpaired) electrons. The first-order chi connectivity index (χ1) is 14.5. The largest absolute Gasteiger partial charge is 0.383 e. The van der Waals surface area contributed by atoms with Gasteiger partial charge in [0.2, 0.25) is 5.91 Å². The van der Waals surface area contributed by atoms with Crippen LogP contribution in [0.15, 0.2) is 53.7 Å². The molecule has 1 amide bonds. The summed E-state index contributed by atoms with van der Waals surface area (Å²) >= 11 is 1.41. The van der Waals surface area contributed by atoms with Gasteiger partial charge in [-0.15, -0.1) is 10.2 Å². The van der Waals surface area contributed by atoms with Gasteiger partial charge in [0, 0.05) is 25.8 Å². The number of carbonyl (C=O) groups is 1. The van der Waals surface area contributed by atoms with E-state index in [1.54, 1.807) is 7.11 Å². The Morgan fingerprint density at radius 2 is 1.80 bits per heavy atom. The van der Waals surface area contributed by atoms with Crippen LogP contribution in [0.2, 0.25) is 0 Å². The Balaban J connectivity index is 1.75. The van der Waals surface area contributed by atoms with Crippen molar-refractivity contribution in [2.24, 2.45) is 0 Å². The predicted octanol–water partition coefficient (Wildman–Crippen LogP) is 4.25. The van der Waals surface area contributed by atoms with E-state index in [2.05, 4.69) is 27.6 Å². The molecule has 1 N–H and O–H groups in total. The summed E-state index contributed by atoms with van der Waals surface area (Å²) in [6.07, 6.45) is 0.682. The number of carbonyl (C=O) groups excluding carboxylic acids is 1. The maximum Gasteiger partial charge on any atom is 0.237 e. The van der Waals surface area contributed by atoms with E-state index in [4.69, 9.17) is 4.74 Å². The Morgan fingerprint density at radius 3 is 2.47 bits per heavy atom. The van der Waals surface area contributed by atoms with Crippen LogP contribution in [-0.2, 0) is 22.5 Å². The number of aromatic nitrogens is 3. The van der Waals surface area contributed by atoms with E-state index in [1.807, 2.05) is 61.7 Å². The summed E-state index contributed by atoms with van der Waals surface area (Å²) in [5.41, 5.74) is 4.14. The molecule has 0 unspecified atom stereocenters. The Bertz CT molecular complexity index is 968. The van der Waals surface area contributed by atoms with Crippen LogP contribution >= 0.6 is 11.8 Å². The Hall–Kier alpha value is -2.64. The highest BCUT2D eigenvalue weighted by Gasteiger charge is 2.21. The second-order valence-corrected chi connectivity index (χ2v) is 8.53. The monoisotopic (exact) mass is 424 g/mol. The topological polar surface area (TPSA) is 69.0 Å². The molecule has 3 aromatic rings. The molecule has 0 aliphatic carbocycles. The molecule has 0 fully saturated rings. The number of ether oxygens (including phenoxy) is 1. The second kappa shape index (κ2) is 10.4. The van der Waals surface area contributed by atoms with E-state index in [9.17, 15) is 4.79 Å². The van der Waals surface area contributed by atoms with Crippen LogP contribution in [-0.4, -0.2) is 39.6 Å². The fraction of sp³-hybridized carbons (Fsp3) is 0.348. The van der Waals surface area contributed by atoms with Crippen LogP contribution < -0.4 is 5.32 Å². The maximum absolute atomic E-state index is 12.8. The number of thioether (sulfide) groups is 1. The van der Waals surface area contributed by atoms with Crippen molar-refractivity contribution in [1.82, 2.24) is 14.8 Å². The van der Waals surface area contributed by atoms with Gasteiger partial charge in [-0.1, -0.05) is 60.3 Å². The number of nitrogens with one attached hydrogen (secondary N) is 1. The zero-order valence-corrected chi connectivity index (χ0v) is 18.7. The first-order valence-corrected chi connectivity index (χ1v) is 10.9. The highest BCUT2D eigenvalue weighted by atomic mass is 32.2. The molecule has 0 aliphatic heterocycles. The number of hydrogen-bond acceptors (Lipinski definition) is 5. The van der Waals surface area contributed by atoms with Crippen molar-refractivity contribution in [3.05, 3.63) is 71.0 Å². The van der Waals surface area contributed by atoms with Gasteiger partial charge < -0.3 is 14.6 Å². The first-order valence-electron chi connectivity index (χ1n) is 9.98. The van der Waals surface area contributed by atoms with E-state index in [-0.39, 0.29) is 11.2 Å². The number of rotatable bonds is 9. The van der Waals surface area contributed by atoms with Gasteiger partial charge in [0.25, 0.3) is 0 Å². The van der Waals surface area contributed by atoms with Crippen molar-refractivity contribution in [2.45, 2.75) is 44.1 Å². The minimum Gasteiger partial charge on any atom is -0.383 e. The molecule has 0 spiro atoms. The van der Waals surface area contributed by atoms with Gasteiger partial charge in [0.1, 0.15) is 5.82 Å². The summed E-state index contributed by atoms with van der Waals surface area (Å²) in [6, 6.07) is 16.2. The molecular weight excluding hydrogens is 396 g/mol. The molecule has 1 aromatic heterocycles. The van der Waals surface area contributed by atoms with Crippen LogP contribution in [0.4, 0.5) is 5.69 Å². The highest BCUT2D eigenvalue weighted by Crippen LogP contribution is 2.26. The van der Waals surface area contributed by atoms with Crippen LogP contribution in [0, 0.1) is 13.8 Å². The van der Waals surface area contributed by atoms with Crippen LogP contribution in [0.3, 0.4) is 0 Å². The minimum atomic E-state index is -0.320. The van der Waals surface area contributed by atoms with E-state index in [1.165, 1.54) is 17.3 Å². The average molecular weight is 425 g/mol. The lowest BCUT2D eigenvalue weighted by molar-refractivity contribution is -0.115. The van der Waals surface area contributed by atoms with Crippen molar-refractivity contribution in [3.8, 4) is 0 Å². The standard InChI is InChI=1S/C23H28N4O2S/c1-16-9-8-10-17(2)21(16)24-22(28)18(3)30-23-26-25-20(27(23)13-14-29-4)15-19-11-6-5-7-12-19/h5-12,18H,13-15H2,1-4H3,(H,24,28)/t18-/m0/s1. The third-order valence-electron chi connectivity index (χ3n) is 4.90. The summed E-state index contributed by atoms with van der Waals surface area (Å²) in [4.78, 5) is 12.8. The third kappa shape index (κ3) is 5.49. The van der Waals surface area contributed by atoms with Crippen LogP contribution in [0.25, 0.3) is 0 Å². The average Bonchev–Trinajstić information content (AvgIpc) is 3.10. The number of hydrogen-bond donors (Lipinski definition) is 1. The van der Waals surface area contributed by atoms with Gasteiger partial charge in [-0.25, -0.2) is 0 Å². The minimum absolute atomic E-state index is 0.0525. The molecule has 7 heteroatoms. The summed E-state index contributed by atoms with van der Waals surface area (Å²) < 4.78 is 7.31. The van der Waals surface area contributed by atoms with Gasteiger partial charge in [-0.3, -0.25) is 4.79 Å². The fourth-order valence-corrected chi connectivity index (χ4v) is 4.06. The molecule has 2 aromatic carbocycles. The molecule has 3 rings (SSSR count). The molecule has 0 aliphatic rings. The summed E-state index contributed by atoms with van der Waals surface area (Å²) in [5.74, 6) is 0.811. The number of benzene rings is 2. The first kappa shape index (κ1) is 22.1. The number of methoxy groups -OCH3 is 1. The summed E-state index contributed by atoms with van der Waals surface area (Å²) in [6.45, 7) is 7.07. The zero-order valence-electron chi connectivity index (χ0n) is 17.9. The molecule has 0 saturated carbocycles. The number of para-hydroxylation sites is 1. The van der Waals surface area contributed by atoms with Crippen molar-refractivity contribution in [1.29, 1.82) is 0 Å².